The third-order valence-corrected chi connectivity index (χ3v) is 5.48. The van der Waals surface area contributed by atoms with Crippen LogP contribution in [0.4, 0.5) is 0 Å². The number of likely N-dealkylation sites (tertiary alicyclic amines) is 1. The highest BCUT2D eigenvalue weighted by molar-refractivity contribution is 4.91. The lowest BCUT2D eigenvalue weighted by Gasteiger charge is -2.45. The zero-order chi connectivity index (χ0) is 11.7. The number of hydrogen-bond acceptors (Lipinski definition) is 2. The number of nitrogens with one attached hydrogen (secondary N) is 1. The molecule has 4 atom stereocenters. The van der Waals surface area contributed by atoms with Crippen LogP contribution in [0.15, 0.2) is 0 Å². The Morgan fingerprint density at radius 2 is 1.88 bits per heavy atom. The maximum Gasteiger partial charge on any atom is 0.0221 e. The molecule has 2 saturated heterocycles. The highest BCUT2D eigenvalue weighted by Crippen LogP contribution is 2.35. The van der Waals surface area contributed by atoms with E-state index in [1.165, 1.54) is 64.6 Å². The summed E-state index contributed by atoms with van der Waals surface area (Å²) in [5.74, 6) is 1.92. The highest BCUT2D eigenvalue weighted by Gasteiger charge is 2.35. The van der Waals surface area contributed by atoms with Gasteiger partial charge in [0, 0.05) is 18.6 Å². The van der Waals surface area contributed by atoms with Crippen molar-refractivity contribution in [3.8, 4) is 0 Å². The standard InChI is InChI=1S/C15H28N2/c1-12-8-9-16-14(12)11-17-10-4-6-13-5-2-3-7-15(13)17/h12-16H,2-11H2,1H3. The first-order chi connectivity index (χ1) is 8.34. The minimum Gasteiger partial charge on any atom is -0.312 e. The van der Waals surface area contributed by atoms with Gasteiger partial charge in [0.15, 0.2) is 0 Å². The Bertz CT molecular complexity index is 251. The molecule has 2 nitrogen and oxygen atoms in total. The number of fused-ring (bicyclic) bond motifs is 1. The van der Waals surface area contributed by atoms with E-state index < -0.39 is 0 Å². The quantitative estimate of drug-likeness (QED) is 0.793. The molecule has 3 fully saturated rings. The summed E-state index contributed by atoms with van der Waals surface area (Å²) in [6.07, 6.45) is 10.3. The topological polar surface area (TPSA) is 15.3 Å². The van der Waals surface area contributed by atoms with Crippen molar-refractivity contribution in [2.24, 2.45) is 11.8 Å². The van der Waals surface area contributed by atoms with Crippen LogP contribution < -0.4 is 5.32 Å². The van der Waals surface area contributed by atoms with Crippen LogP contribution in [0.1, 0.15) is 51.9 Å². The van der Waals surface area contributed by atoms with Crippen molar-refractivity contribution in [2.75, 3.05) is 19.6 Å². The van der Waals surface area contributed by atoms with Crippen molar-refractivity contribution in [2.45, 2.75) is 64.0 Å². The van der Waals surface area contributed by atoms with E-state index in [0.717, 1.165) is 23.9 Å². The second-order valence-electron chi connectivity index (χ2n) is 6.58. The van der Waals surface area contributed by atoms with Gasteiger partial charge < -0.3 is 5.32 Å². The average molecular weight is 236 g/mol. The van der Waals surface area contributed by atoms with Crippen molar-refractivity contribution in [3.63, 3.8) is 0 Å². The molecule has 0 aromatic heterocycles. The second kappa shape index (κ2) is 5.27. The maximum atomic E-state index is 3.71. The summed E-state index contributed by atoms with van der Waals surface area (Å²) in [7, 11) is 0. The summed E-state index contributed by atoms with van der Waals surface area (Å²) in [4.78, 5) is 2.84. The molecule has 1 N–H and O–H groups in total. The molecule has 3 rings (SSSR count). The van der Waals surface area contributed by atoms with E-state index in [-0.39, 0.29) is 0 Å². The van der Waals surface area contributed by atoms with E-state index in [4.69, 9.17) is 0 Å². The molecular formula is C15H28N2. The smallest absolute Gasteiger partial charge is 0.0221 e. The zero-order valence-corrected chi connectivity index (χ0v) is 11.3. The Balaban J connectivity index is 1.61. The predicted octanol–water partition coefficient (Wildman–Crippen LogP) is 2.64. The fourth-order valence-corrected chi connectivity index (χ4v) is 4.35. The van der Waals surface area contributed by atoms with Crippen LogP contribution in [0.5, 0.6) is 0 Å². The second-order valence-corrected chi connectivity index (χ2v) is 6.58. The van der Waals surface area contributed by atoms with Crippen LogP contribution in [0.2, 0.25) is 0 Å². The van der Waals surface area contributed by atoms with E-state index in [0.29, 0.717) is 0 Å². The summed E-state index contributed by atoms with van der Waals surface area (Å²) in [6.45, 7) is 6.36. The normalized spacial score (nSPS) is 43.6. The first-order valence-corrected chi connectivity index (χ1v) is 7.82. The van der Waals surface area contributed by atoms with Crippen LogP contribution in [0, 0.1) is 11.8 Å². The van der Waals surface area contributed by atoms with Crippen LogP contribution in [-0.2, 0) is 0 Å². The lowest BCUT2D eigenvalue weighted by atomic mass is 9.78. The summed E-state index contributed by atoms with van der Waals surface area (Å²) in [6, 6.07) is 1.71. The molecule has 4 unspecified atom stereocenters. The molecule has 2 aliphatic heterocycles. The third-order valence-electron chi connectivity index (χ3n) is 5.48. The van der Waals surface area contributed by atoms with Crippen molar-refractivity contribution in [1.29, 1.82) is 0 Å². The van der Waals surface area contributed by atoms with Gasteiger partial charge in [-0.15, -0.1) is 0 Å². The number of hydrogen-bond donors (Lipinski definition) is 1. The van der Waals surface area contributed by atoms with Gasteiger partial charge in [0.2, 0.25) is 0 Å². The summed E-state index contributed by atoms with van der Waals surface area (Å²) >= 11 is 0. The van der Waals surface area contributed by atoms with Crippen LogP contribution in [0.25, 0.3) is 0 Å². The van der Waals surface area contributed by atoms with Gasteiger partial charge in [0.1, 0.15) is 0 Å². The molecule has 2 heterocycles. The van der Waals surface area contributed by atoms with Gasteiger partial charge in [-0.05, 0) is 57.0 Å². The minimum absolute atomic E-state index is 0.774. The number of rotatable bonds is 2. The van der Waals surface area contributed by atoms with E-state index in [2.05, 4.69) is 17.1 Å². The molecule has 0 amide bonds. The first-order valence-electron chi connectivity index (χ1n) is 7.82. The van der Waals surface area contributed by atoms with Crippen molar-refractivity contribution in [1.82, 2.24) is 10.2 Å². The molecule has 0 bridgehead atoms. The zero-order valence-electron chi connectivity index (χ0n) is 11.3. The van der Waals surface area contributed by atoms with Gasteiger partial charge in [-0.1, -0.05) is 19.8 Å². The van der Waals surface area contributed by atoms with Crippen molar-refractivity contribution in [3.05, 3.63) is 0 Å². The van der Waals surface area contributed by atoms with Gasteiger partial charge in [-0.2, -0.15) is 0 Å². The van der Waals surface area contributed by atoms with Crippen LogP contribution >= 0.6 is 0 Å². The van der Waals surface area contributed by atoms with E-state index in [1.807, 2.05) is 0 Å². The Morgan fingerprint density at radius 1 is 1.06 bits per heavy atom. The fourth-order valence-electron chi connectivity index (χ4n) is 4.35. The number of nitrogens with zero attached hydrogens (tertiary/aromatic N) is 1. The molecule has 0 spiro atoms. The molecule has 1 saturated carbocycles. The molecule has 0 aromatic rings. The van der Waals surface area contributed by atoms with Crippen molar-refractivity contribution < 1.29 is 0 Å². The van der Waals surface area contributed by atoms with Gasteiger partial charge in [0.05, 0.1) is 0 Å². The molecule has 0 radical (unpaired) electrons. The molecule has 17 heavy (non-hydrogen) atoms. The molecule has 1 aliphatic carbocycles. The Hall–Kier alpha value is -0.0800. The Morgan fingerprint density at radius 3 is 2.71 bits per heavy atom. The van der Waals surface area contributed by atoms with Crippen LogP contribution in [0.3, 0.4) is 0 Å². The summed E-state index contributed by atoms with van der Waals surface area (Å²) in [5.41, 5.74) is 0. The lowest BCUT2D eigenvalue weighted by molar-refractivity contribution is 0.0513. The predicted molar refractivity (Wildman–Crippen MR) is 72.1 cm³/mol. The summed E-state index contributed by atoms with van der Waals surface area (Å²) < 4.78 is 0. The van der Waals surface area contributed by atoms with E-state index in [1.54, 1.807) is 0 Å². The fraction of sp³-hybridized carbons (Fsp3) is 1.00. The third kappa shape index (κ3) is 2.53. The van der Waals surface area contributed by atoms with E-state index >= 15 is 0 Å². The SMILES string of the molecule is CC1CCNC1CN1CCCC2CCCCC21. The Kier molecular flexibility index (Phi) is 3.72. The molecular weight excluding hydrogens is 208 g/mol. The largest absolute Gasteiger partial charge is 0.312 e. The Labute approximate surface area is 106 Å². The van der Waals surface area contributed by atoms with E-state index in [9.17, 15) is 0 Å². The van der Waals surface area contributed by atoms with Gasteiger partial charge in [0.25, 0.3) is 0 Å². The molecule has 3 aliphatic rings. The van der Waals surface area contributed by atoms with Gasteiger partial charge in [-0.3, -0.25) is 4.90 Å². The number of piperidine rings is 1. The maximum absolute atomic E-state index is 3.71. The summed E-state index contributed by atoms with van der Waals surface area (Å²) in [5, 5.41) is 3.71. The monoisotopic (exact) mass is 236 g/mol. The average Bonchev–Trinajstić information content (AvgIpc) is 2.76. The van der Waals surface area contributed by atoms with Crippen molar-refractivity contribution >= 4 is 0 Å². The minimum atomic E-state index is 0.774. The lowest BCUT2D eigenvalue weighted by Crippen LogP contribution is -2.51. The molecule has 2 heteroatoms. The highest BCUT2D eigenvalue weighted by atomic mass is 15.2. The molecule has 0 aromatic carbocycles. The van der Waals surface area contributed by atoms with Gasteiger partial charge in [-0.25, -0.2) is 0 Å². The molecule has 98 valence electrons. The first kappa shape index (κ1) is 12.0. The van der Waals surface area contributed by atoms with Crippen LogP contribution in [-0.4, -0.2) is 36.6 Å². The van der Waals surface area contributed by atoms with Gasteiger partial charge >= 0.3 is 0 Å².